The second-order valence-corrected chi connectivity index (χ2v) is 12.2. The van der Waals surface area contributed by atoms with Crippen molar-refractivity contribution >= 4 is 26.0 Å². The molecule has 2 aromatic heterocycles. The van der Waals surface area contributed by atoms with Crippen LogP contribution in [0.15, 0.2) is 29.0 Å². The normalized spacial score (nSPS) is 13.8. The lowest BCUT2D eigenvalue weighted by molar-refractivity contribution is -0.290. The third-order valence-electron chi connectivity index (χ3n) is 3.48. The Morgan fingerprint density at radius 1 is 1.15 bits per heavy atom. The molecule has 0 atom stereocenters. The van der Waals surface area contributed by atoms with Crippen LogP contribution in [0.5, 0.6) is 0 Å². The average molecular weight is 476 g/mol. The van der Waals surface area contributed by atoms with Crippen LogP contribution >= 0.6 is 26.0 Å². The van der Waals surface area contributed by atoms with E-state index in [0.29, 0.717) is 17.3 Å². The molecular formula is C16H19BrF5N3OS. The number of halogens is 6. The molecule has 27 heavy (non-hydrogen) atoms. The van der Waals surface area contributed by atoms with E-state index in [2.05, 4.69) is 44.7 Å². The van der Waals surface area contributed by atoms with Crippen LogP contribution in [0.2, 0.25) is 0 Å². The Labute approximate surface area is 163 Å². The first-order chi connectivity index (χ1) is 12.3. The fourth-order valence-electron chi connectivity index (χ4n) is 2.00. The average Bonchev–Trinajstić information content (AvgIpc) is 2.95. The zero-order valence-electron chi connectivity index (χ0n) is 14.9. The lowest BCUT2D eigenvalue weighted by atomic mass is 10.2. The van der Waals surface area contributed by atoms with Gasteiger partial charge in [-0.25, -0.2) is 15.0 Å². The zero-order chi connectivity index (χ0) is 20.5. The minimum Gasteiger partial charge on any atom is -0.360 e. The Morgan fingerprint density at radius 3 is 2.33 bits per heavy atom. The van der Waals surface area contributed by atoms with Gasteiger partial charge in [-0.3, -0.25) is 4.98 Å². The summed E-state index contributed by atoms with van der Waals surface area (Å²) in [6.07, 6.45) is 2.59. The van der Waals surface area contributed by atoms with E-state index < -0.39 is 27.8 Å². The van der Waals surface area contributed by atoms with Gasteiger partial charge in [-0.05, 0) is 46.8 Å². The summed E-state index contributed by atoms with van der Waals surface area (Å²) in [7, 11) is -0.819. The Morgan fingerprint density at radius 2 is 1.81 bits per heavy atom. The lowest BCUT2D eigenvalue weighted by Gasteiger charge is -2.24. The first kappa shape index (κ1) is 22.1. The van der Waals surface area contributed by atoms with Crippen molar-refractivity contribution in [1.82, 2.24) is 14.5 Å². The molecule has 0 saturated carbocycles. The highest BCUT2D eigenvalue weighted by Crippen LogP contribution is 2.43. The van der Waals surface area contributed by atoms with Gasteiger partial charge in [-0.2, -0.15) is 22.0 Å². The van der Waals surface area contributed by atoms with Crippen molar-refractivity contribution in [1.29, 1.82) is 0 Å². The van der Waals surface area contributed by atoms with E-state index >= 15 is 0 Å². The summed E-state index contributed by atoms with van der Waals surface area (Å²) in [5.74, 6) is -4.42. The maximum atomic E-state index is 13.7. The number of ether oxygens (including phenoxy) is 1. The van der Waals surface area contributed by atoms with Crippen LogP contribution in [0.4, 0.5) is 22.0 Å². The molecule has 4 nitrogen and oxygen atoms in total. The first-order valence-electron chi connectivity index (χ1n) is 7.69. The second-order valence-electron chi connectivity index (χ2n) is 6.69. The van der Waals surface area contributed by atoms with Crippen molar-refractivity contribution in [3.63, 3.8) is 0 Å². The van der Waals surface area contributed by atoms with Gasteiger partial charge in [0.2, 0.25) is 0 Å². The van der Waals surface area contributed by atoms with E-state index in [-0.39, 0.29) is 18.2 Å². The molecule has 2 heterocycles. The summed E-state index contributed by atoms with van der Waals surface area (Å²) in [4.78, 5) is 7.54. The minimum atomic E-state index is -5.74. The van der Waals surface area contributed by atoms with E-state index in [1.165, 1.54) is 12.3 Å². The van der Waals surface area contributed by atoms with Gasteiger partial charge in [0.15, 0.2) is 5.82 Å². The van der Waals surface area contributed by atoms with Crippen molar-refractivity contribution in [3.8, 4) is 11.5 Å². The number of imidazole rings is 1. The summed E-state index contributed by atoms with van der Waals surface area (Å²) in [6, 6.07) is 3.06. The smallest absolute Gasteiger partial charge is 0.360 e. The first-order valence-corrected chi connectivity index (χ1v) is 11.5. The molecule has 0 aliphatic rings. The summed E-state index contributed by atoms with van der Waals surface area (Å²) in [5.41, 5.74) is -1.23. The van der Waals surface area contributed by atoms with Crippen LogP contribution in [-0.4, -0.2) is 51.8 Å². The fraction of sp³-hybridized carbons (Fsp3) is 0.500. The predicted octanol–water partition coefficient (Wildman–Crippen LogP) is 5.03. The van der Waals surface area contributed by atoms with E-state index in [0.717, 1.165) is 10.3 Å². The number of nitrogens with zero attached hydrogens (tertiary/aromatic N) is 3. The van der Waals surface area contributed by atoms with Crippen LogP contribution in [0.3, 0.4) is 0 Å². The largest absolute Gasteiger partial charge is 0.459 e. The monoisotopic (exact) mass is 475 g/mol. The molecule has 2 rings (SSSR count). The molecule has 0 N–H and O–H groups in total. The molecule has 2 aromatic rings. The Hall–Kier alpha value is -1.20. The van der Waals surface area contributed by atoms with Crippen molar-refractivity contribution in [3.05, 3.63) is 34.7 Å². The molecule has 0 bridgehead atoms. The second kappa shape index (κ2) is 8.04. The summed E-state index contributed by atoms with van der Waals surface area (Å²) < 4.78 is 72.8. The number of hydrogen-bond donors (Lipinski definition) is 0. The standard InChI is InChI=1S/C16H19BrF5N3OS/c1-27(2,3)7-6-26-10-25-9-13(15(18,19)16(20,21)22)24-14(25)12-5-4-11(17)8-23-12/h4-5,8-9H,6-7,10H2,1-3H3. The zero-order valence-corrected chi connectivity index (χ0v) is 17.3. The summed E-state index contributed by atoms with van der Waals surface area (Å²) in [5, 5.41) is 0. The predicted molar refractivity (Wildman–Crippen MR) is 99.3 cm³/mol. The van der Waals surface area contributed by atoms with Crippen LogP contribution in [0.1, 0.15) is 5.69 Å². The van der Waals surface area contributed by atoms with E-state index in [4.69, 9.17) is 4.74 Å². The fourth-order valence-corrected chi connectivity index (χ4v) is 2.85. The number of hydrogen-bond acceptors (Lipinski definition) is 3. The third-order valence-corrected chi connectivity index (χ3v) is 5.34. The quantitative estimate of drug-likeness (QED) is 0.416. The van der Waals surface area contributed by atoms with Gasteiger partial charge >= 0.3 is 12.1 Å². The minimum absolute atomic E-state index is 0.121. The molecule has 0 fully saturated rings. The highest BCUT2D eigenvalue weighted by Gasteiger charge is 2.60. The van der Waals surface area contributed by atoms with Gasteiger partial charge in [-0.1, -0.05) is 0 Å². The maximum absolute atomic E-state index is 13.7. The SMILES string of the molecule is CS(C)(C)CCOCn1cc(C(F)(F)C(F)(F)F)nc1-c1ccc(Br)cn1. The maximum Gasteiger partial charge on any atom is 0.459 e. The topological polar surface area (TPSA) is 39.9 Å². The molecular weight excluding hydrogens is 457 g/mol. The van der Waals surface area contributed by atoms with Crippen molar-refractivity contribution in [2.75, 3.05) is 31.1 Å². The molecule has 0 aromatic carbocycles. The number of aromatic nitrogens is 3. The van der Waals surface area contributed by atoms with Crippen molar-refractivity contribution < 1.29 is 26.7 Å². The van der Waals surface area contributed by atoms with Gasteiger partial charge in [0.1, 0.15) is 18.1 Å². The molecule has 0 unspecified atom stereocenters. The van der Waals surface area contributed by atoms with Crippen molar-refractivity contribution in [2.45, 2.75) is 18.8 Å². The van der Waals surface area contributed by atoms with Gasteiger partial charge in [0.25, 0.3) is 0 Å². The van der Waals surface area contributed by atoms with Crippen LogP contribution in [-0.2, 0) is 17.4 Å². The number of alkyl halides is 5. The highest BCUT2D eigenvalue weighted by atomic mass is 79.9. The Kier molecular flexibility index (Phi) is 6.58. The highest BCUT2D eigenvalue weighted by molar-refractivity contribution is 9.10. The van der Waals surface area contributed by atoms with Crippen LogP contribution in [0, 0.1) is 0 Å². The molecule has 0 saturated heterocycles. The van der Waals surface area contributed by atoms with Gasteiger partial charge in [-0.15, -0.1) is 0 Å². The Bertz CT molecular complexity index is 772. The molecule has 0 amide bonds. The molecule has 0 radical (unpaired) electrons. The van der Waals surface area contributed by atoms with E-state index in [1.807, 2.05) is 0 Å². The van der Waals surface area contributed by atoms with Crippen LogP contribution < -0.4 is 0 Å². The van der Waals surface area contributed by atoms with Crippen LogP contribution in [0.25, 0.3) is 11.5 Å². The molecule has 11 heteroatoms. The summed E-state index contributed by atoms with van der Waals surface area (Å²) in [6.45, 7) is 0.152. The third kappa shape index (κ3) is 5.64. The number of pyridine rings is 1. The van der Waals surface area contributed by atoms with Gasteiger partial charge < -0.3 is 9.30 Å². The van der Waals surface area contributed by atoms with E-state index in [9.17, 15) is 22.0 Å². The lowest BCUT2D eigenvalue weighted by Crippen LogP contribution is -2.34. The molecule has 0 aliphatic heterocycles. The number of rotatable bonds is 7. The molecule has 152 valence electrons. The van der Waals surface area contributed by atoms with Gasteiger partial charge in [0, 0.05) is 22.6 Å². The Balaban J connectivity index is 2.33. The van der Waals surface area contributed by atoms with Crippen molar-refractivity contribution in [2.24, 2.45) is 0 Å². The molecule has 0 spiro atoms. The van der Waals surface area contributed by atoms with Gasteiger partial charge in [0.05, 0.1) is 6.61 Å². The summed E-state index contributed by atoms with van der Waals surface area (Å²) >= 11 is 3.19. The van der Waals surface area contributed by atoms with E-state index in [1.54, 1.807) is 6.07 Å². The molecule has 0 aliphatic carbocycles.